The Morgan fingerprint density at radius 1 is 0.615 bits per heavy atom. The molecule has 0 aromatic heterocycles. The predicted octanol–water partition coefficient (Wildman–Crippen LogP) is 6.38. The molecule has 2 aromatic carbocycles. The summed E-state index contributed by atoms with van der Waals surface area (Å²) in [4.78, 5) is 23.9. The van der Waals surface area contributed by atoms with Crippen molar-refractivity contribution in [2.75, 3.05) is 13.2 Å². The number of hydrazone groups is 2. The second-order valence-electron chi connectivity index (χ2n) is 9.40. The minimum absolute atomic E-state index is 0.0957. The highest BCUT2D eigenvalue weighted by molar-refractivity contribution is 5.83. The molecule has 0 aliphatic rings. The van der Waals surface area contributed by atoms with Gasteiger partial charge in [-0.05, 0) is 85.3 Å². The Morgan fingerprint density at radius 3 is 1.38 bits per heavy atom. The topological polar surface area (TPSA) is 101 Å². The first-order valence-corrected chi connectivity index (χ1v) is 14.2. The summed E-state index contributed by atoms with van der Waals surface area (Å²) < 4.78 is 11.3. The third-order valence-corrected chi connectivity index (χ3v) is 5.91. The van der Waals surface area contributed by atoms with Crippen LogP contribution in [0.4, 0.5) is 0 Å². The molecule has 0 fully saturated rings. The number of unbranched alkanes of at least 4 members (excludes halogenated alkanes) is 6. The summed E-state index contributed by atoms with van der Waals surface area (Å²) >= 11 is 0. The summed E-state index contributed by atoms with van der Waals surface area (Å²) in [5.74, 6) is 1.48. The lowest BCUT2D eigenvalue weighted by atomic mass is 10.1. The van der Waals surface area contributed by atoms with E-state index in [0.717, 1.165) is 93.6 Å². The number of hydrogen-bond acceptors (Lipinski definition) is 6. The molecule has 2 aromatic rings. The van der Waals surface area contributed by atoms with Crippen molar-refractivity contribution >= 4 is 24.2 Å². The molecule has 0 unspecified atom stereocenters. The van der Waals surface area contributed by atoms with Crippen molar-refractivity contribution in [3.8, 4) is 11.5 Å². The van der Waals surface area contributed by atoms with E-state index in [-0.39, 0.29) is 11.8 Å². The van der Waals surface area contributed by atoms with Gasteiger partial charge in [0, 0.05) is 12.8 Å². The summed E-state index contributed by atoms with van der Waals surface area (Å²) in [7, 11) is 0. The summed E-state index contributed by atoms with van der Waals surface area (Å²) in [6.45, 7) is 5.70. The minimum Gasteiger partial charge on any atom is -0.494 e. The fourth-order valence-electron chi connectivity index (χ4n) is 3.54. The van der Waals surface area contributed by atoms with Gasteiger partial charge in [0.05, 0.1) is 25.6 Å². The number of rotatable bonds is 20. The molecule has 2 rings (SSSR count). The Balaban J connectivity index is 1.47. The van der Waals surface area contributed by atoms with Crippen molar-refractivity contribution in [3.63, 3.8) is 0 Å². The van der Waals surface area contributed by atoms with E-state index < -0.39 is 0 Å². The standard InChI is InChI=1S/C31H44N4O4/c1-3-5-22-38-28-18-14-26(15-19-28)24-32-34-30(36)12-10-8-7-9-11-13-31(37)35-33-25-27-16-20-29(21-17-27)39-23-6-4-2/h14-21,24-25H,3-13,22-23H2,1-2H3,(H,34,36)(H,35,37). The molecule has 0 atom stereocenters. The van der Waals surface area contributed by atoms with E-state index in [1.807, 2.05) is 48.5 Å². The molecule has 0 spiro atoms. The Hall–Kier alpha value is -3.68. The van der Waals surface area contributed by atoms with Gasteiger partial charge in [-0.2, -0.15) is 10.2 Å². The molecule has 2 N–H and O–H groups in total. The smallest absolute Gasteiger partial charge is 0.240 e. The molecule has 0 saturated carbocycles. The SMILES string of the molecule is CCCCOc1ccc(C=NNC(=O)CCCCCCCC(=O)NN=Cc2ccc(OCCCC)cc2)cc1. The Morgan fingerprint density at radius 2 is 1.00 bits per heavy atom. The van der Waals surface area contributed by atoms with Crippen molar-refractivity contribution < 1.29 is 19.1 Å². The summed E-state index contributed by atoms with van der Waals surface area (Å²) in [5, 5.41) is 8.06. The van der Waals surface area contributed by atoms with Gasteiger partial charge in [0.25, 0.3) is 0 Å². The van der Waals surface area contributed by atoms with E-state index >= 15 is 0 Å². The van der Waals surface area contributed by atoms with Crippen molar-refractivity contribution in [1.82, 2.24) is 10.9 Å². The van der Waals surface area contributed by atoms with Crippen LogP contribution in [-0.2, 0) is 9.59 Å². The van der Waals surface area contributed by atoms with Crippen molar-refractivity contribution in [2.45, 2.75) is 84.5 Å². The minimum atomic E-state index is -0.0957. The first-order chi connectivity index (χ1) is 19.1. The molecule has 0 heterocycles. The lowest BCUT2D eigenvalue weighted by molar-refractivity contribution is -0.121. The largest absolute Gasteiger partial charge is 0.494 e. The maximum absolute atomic E-state index is 12.0. The highest BCUT2D eigenvalue weighted by Gasteiger charge is 2.02. The van der Waals surface area contributed by atoms with Crippen LogP contribution >= 0.6 is 0 Å². The van der Waals surface area contributed by atoms with Gasteiger partial charge in [0.15, 0.2) is 0 Å². The number of carbonyl (C=O) groups excluding carboxylic acids is 2. The summed E-state index contributed by atoms with van der Waals surface area (Å²) in [5.41, 5.74) is 6.95. The number of ether oxygens (including phenoxy) is 2. The highest BCUT2D eigenvalue weighted by Crippen LogP contribution is 2.13. The number of nitrogens with one attached hydrogen (secondary N) is 2. The van der Waals surface area contributed by atoms with Gasteiger partial charge in [0.2, 0.25) is 11.8 Å². The highest BCUT2D eigenvalue weighted by atomic mass is 16.5. The molecule has 0 radical (unpaired) electrons. The zero-order chi connectivity index (χ0) is 28.0. The van der Waals surface area contributed by atoms with Gasteiger partial charge in [-0.25, -0.2) is 10.9 Å². The second kappa shape index (κ2) is 20.3. The molecular weight excluding hydrogens is 492 g/mol. The molecule has 0 bridgehead atoms. The van der Waals surface area contributed by atoms with Crippen LogP contribution in [0.3, 0.4) is 0 Å². The van der Waals surface area contributed by atoms with E-state index in [4.69, 9.17) is 9.47 Å². The monoisotopic (exact) mass is 536 g/mol. The zero-order valence-electron chi connectivity index (χ0n) is 23.5. The fraction of sp³-hybridized carbons (Fsp3) is 0.484. The van der Waals surface area contributed by atoms with Crippen LogP contribution in [0.1, 0.15) is 95.6 Å². The average Bonchev–Trinajstić information content (AvgIpc) is 2.94. The number of hydrogen-bond donors (Lipinski definition) is 2. The van der Waals surface area contributed by atoms with Gasteiger partial charge >= 0.3 is 0 Å². The first-order valence-electron chi connectivity index (χ1n) is 14.2. The second-order valence-corrected chi connectivity index (χ2v) is 9.40. The average molecular weight is 537 g/mol. The lowest BCUT2D eigenvalue weighted by Gasteiger charge is -2.05. The molecule has 0 saturated heterocycles. The lowest BCUT2D eigenvalue weighted by Crippen LogP contribution is -2.17. The zero-order valence-corrected chi connectivity index (χ0v) is 23.5. The van der Waals surface area contributed by atoms with E-state index in [9.17, 15) is 9.59 Å². The Kier molecular flexibility index (Phi) is 16.4. The van der Waals surface area contributed by atoms with E-state index in [1.165, 1.54) is 0 Å². The normalized spacial score (nSPS) is 11.1. The maximum Gasteiger partial charge on any atom is 0.240 e. The summed E-state index contributed by atoms with van der Waals surface area (Å²) in [6.07, 6.45) is 12.9. The molecule has 39 heavy (non-hydrogen) atoms. The Labute approximate surface area is 233 Å². The van der Waals surface area contributed by atoms with Crippen LogP contribution in [0.25, 0.3) is 0 Å². The molecule has 0 aliphatic heterocycles. The summed E-state index contributed by atoms with van der Waals surface area (Å²) in [6, 6.07) is 15.3. The third-order valence-electron chi connectivity index (χ3n) is 5.91. The van der Waals surface area contributed by atoms with E-state index in [1.54, 1.807) is 12.4 Å². The molecule has 8 nitrogen and oxygen atoms in total. The molecule has 2 amide bonds. The van der Waals surface area contributed by atoms with Crippen molar-refractivity contribution in [3.05, 3.63) is 59.7 Å². The van der Waals surface area contributed by atoms with E-state index in [0.29, 0.717) is 12.8 Å². The number of amides is 2. The third kappa shape index (κ3) is 15.4. The van der Waals surface area contributed by atoms with Gasteiger partial charge in [-0.3, -0.25) is 9.59 Å². The van der Waals surface area contributed by atoms with Gasteiger partial charge in [-0.15, -0.1) is 0 Å². The van der Waals surface area contributed by atoms with Gasteiger partial charge in [-0.1, -0.05) is 46.0 Å². The van der Waals surface area contributed by atoms with E-state index in [2.05, 4.69) is 34.9 Å². The number of nitrogens with zero attached hydrogens (tertiary/aromatic N) is 2. The van der Waals surface area contributed by atoms with Gasteiger partial charge < -0.3 is 9.47 Å². The molecule has 0 aliphatic carbocycles. The van der Waals surface area contributed by atoms with Crippen molar-refractivity contribution in [2.24, 2.45) is 10.2 Å². The number of carbonyl (C=O) groups is 2. The molecule has 8 heteroatoms. The van der Waals surface area contributed by atoms with Crippen LogP contribution < -0.4 is 20.3 Å². The molecular formula is C31H44N4O4. The van der Waals surface area contributed by atoms with Crippen LogP contribution in [0.5, 0.6) is 11.5 Å². The van der Waals surface area contributed by atoms with Crippen LogP contribution in [0.2, 0.25) is 0 Å². The fourth-order valence-corrected chi connectivity index (χ4v) is 3.54. The van der Waals surface area contributed by atoms with Crippen LogP contribution in [0.15, 0.2) is 58.7 Å². The van der Waals surface area contributed by atoms with Crippen LogP contribution in [-0.4, -0.2) is 37.5 Å². The Bertz CT molecular complexity index is 923. The predicted molar refractivity (Wildman–Crippen MR) is 157 cm³/mol. The van der Waals surface area contributed by atoms with Crippen LogP contribution in [0, 0.1) is 0 Å². The van der Waals surface area contributed by atoms with Gasteiger partial charge in [0.1, 0.15) is 11.5 Å². The molecule has 212 valence electrons. The van der Waals surface area contributed by atoms with Crippen molar-refractivity contribution in [1.29, 1.82) is 0 Å². The quantitative estimate of drug-likeness (QED) is 0.117. The first kappa shape index (κ1) is 31.5. The number of benzene rings is 2. The maximum atomic E-state index is 12.0.